The number of hydrogen-bond acceptors (Lipinski definition) is 12. The van der Waals surface area contributed by atoms with Gasteiger partial charge >= 0.3 is 88.7 Å². The van der Waals surface area contributed by atoms with E-state index in [9.17, 15) is 28.6 Å². The molecule has 0 saturated carbocycles. The van der Waals surface area contributed by atoms with Crippen molar-refractivity contribution in [1.29, 1.82) is 0 Å². The first-order chi connectivity index (χ1) is 13.9. The monoisotopic (exact) mass is 524 g/mol. The van der Waals surface area contributed by atoms with Gasteiger partial charge in [-0.15, -0.1) is 0 Å². The van der Waals surface area contributed by atoms with Gasteiger partial charge in [-0.05, 0) is 34.4 Å². The van der Waals surface area contributed by atoms with Gasteiger partial charge in [0.1, 0.15) is 15.9 Å². The molecule has 0 spiro atoms. The Balaban J connectivity index is 0.00000171. The Morgan fingerprint density at radius 1 is 0.750 bits per heavy atom. The van der Waals surface area contributed by atoms with Crippen LogP contribution in [-0.4, -0.2) is 18.1 Å². The van der Waals surface area contributed by atoms with Crippen LogP contribution in [0.4, 0.5) is 0 Å². The zero-order chi connectivity index (χ0) is 20.8. The van der Waals surface area contributed by atoms with Crippen molar-refractivity contribution in [3.8, 4) is 5.75 Å². The SMILES string of the molecule is O=S(=O)([O-])c1cc(SOO[O-])c2ccc3c(SOO[O-])cc(O)c4ccc1c2c43.[Na+].[Na+].[Na+]. The van der Waals surface area contributed by atoms with Crippen LogP contribution in [0.2, 0.25) is 0 Å². The molecule has 0 saturated heterocycles. The number of hydrogen-bond donors (Lipinski definition) is 1. The molecule has 4 aromatic carbocycles. The molecule has 4 aromatic rings. The van der Waals surface area contributed by atoms with Crippen molar-refractivity contribution in [2.45, 2.75) is 14.7 Å². The van der Waals surface area contributed by atoms with E-state index in [1.54, 1.807) is 12.1 Å². The van der Waals surface area contributed by atoms with Crippen LogP contribution in [0, 0.1) is 0 Å². The number of phenols is 1. The Kier molecular flexibility index (Phi) is 12.5. The molecule has 0 aromatic heterocycles. The minimum atomic E-state index is -4.90. The zero-order valence-electron chi connectivity index (χ0n) is 16.8. The summed E-state index contributed by atoms with van der Waals surface area (Å²) in [6, 6.07) is 8.53. The van der Waals surface area contributed by atoms with Crippen LogP contribution in [0.5, 0.6) is 5.75 Å². The van der Waals surface area contributed by atoms with E-state index in [0.717, 1.165) is 6.07 Å². The van der Waals surface area contributed by atoms with Crippen molar-refractivity contribution in [1.82, 2.24) is 0 Å². The van der Waals surface area contributed by atoms with E-state index in [2.05, 4.69) is 18.7 Å². The second-order valence-corrected chi connectivity index (χ2v) is 8.56. The molecule has 0 aliphatic rings. The van der Waals surface area contributed by atoms with E-state index in [0.29, 0.717) is 55.9 Å². The van der Waals surface area contributed by atoms with E-state index < -0.39 is 15.0 Å². The van der Waals surface area contributed by atoms with Gasteiger partial charge in [-0.25, -0.2) is 8.42 Å². The maximum absolute atomic E-state index is 11.9. The molecular formula is C16H7Na3O10S3. The molecule has 0 atom stereocenters. The summed E-state index contributed by atoms with van der Waals surface area (Å²) in [5, 5.41) is 39.7. The number of phenolic OH excluding ortho intramolecular Hbond substituents is 1. The molecule has 0 aliphatic carbocycles. The first-order valence-corrected chi connectivity index (χ1v) is 10.5. The first-order valence-electron chi connectivity index (χ1n) is 7.56. The molecule has 0 heterocycles. The predicted molar refractivity (Wildman–Crippen MR) is 95.8 cm³/mol. The van der Waals surface area contributed by atoms with Gasteiger partial charge in [0.05, 0.1) is 33.9 Å². The van der Waals surface area contributed by atoms with Gasteiger partial charge in [0.25, 0.3) is 0 Å². The van der Waals surface area contributed by atoms with E-state index in [4.69, 9.17) is 0 Å². The number of benzene rings is 4. The Morgan fingerprint density at radius 3 is 1.69 bits per heavy atom. The Hall–Kier alpha value is 1.09. The maximum atomic E-state index is 11.9. The standard InChI is InChI=1S/C16H10O10S3.3Na/c17-11-5-12(27-25-23-18)8-2-3-9-13(28-26-24-19)6-14(29(20,21)22)10-4-1-7(11)15(8)16(9)10;;;/h1-6,17-19H,(H,20,21,22);;;/q;3*+1/p-3. The Bertz CT molecular complexity index is 1340. The van der Waals surface area contributed by atoms with Crippen molar-refractivity contribution in [3.05, 3.63) is 36.4 Å². The van der Waals surface area contributed by atoms with Crippen molar-refractivity contribution in [2.24, 2.45) is 0 Å². The van der Waals surface area contributed by atoms with Crippen LogP contribution in [0.15, 0.2) is 51.1 Å². The molecule has 0 unspecified atom stereocenters. The third-order valence-corrected chi connectivity index (χ3v) is 6.49. The summed E-state index contributed by atoms with van der Waals surface area (Å²) in [6.45, 7) is 0. The van der Waals surface area contributed by atoms with E-state index in [-0.39, 0.29) is 105 Å². The largest absolute Gasteiger partial charge is 1.00 e. The average Bonchev–Trinajstić information content (AvgIpc) is 2.69. The van der Waals surface area contributed by atoms with Gasteiger partial charge in [0, 0.05) is 21.1 Å². The quantitative estimate of drug-likeness (QED) is 0.0609. The molecule has 1 N–H and O–H groups in total. The molecule has 10 nitrogen and oxygen atoms in total. The molecule has 0 fully saturated rings. The third-order valence-electron chi connectivity index (χ3n) is 4.34. The van der Waals surface area contributed by atoms with Crippen LogP contribution < -0.4 is 99.2 Å². The fourth-order valence-corrected chi connectivity index (χ4v) is 5.15. The van der Waals surface area contributed by atoms with Gasteiger partial charge in [-0.3, -0.25) is 10.1 Å². The zero-order valence-corrected chi connectivity index (χ0v) is 25.3. The fraction of sp³-hybridized carbons (Fsp3) is 0. The molecule has 0 radical (unpaired) electrons. The Labute approximate surface area is 256 Å². The second kappa shape index (κ2) is 12.9. The Morgan fingerprint density at radius 2 is 1.19 bits per heavy atom. The van der Waals surface area contributed by atoms with Crippen LogP contribution in [0.25, 0.3) is 32.3 Å². The predicted octanol–water partition coefficient (Wildman–Crippen LogP) is -7.33. The van der Waals surface area contributed by atoms with Gasteiger partial charge in [0.2, 0.25) is 0 Å². The normalized spacial score (nSPS) is 11.3. The molecule has 152 valence electrons. The van der Waals surface area contributed by atoms with Crippen LogP contribution in [0.3, 0.4) is 0 Å². The van der Waals surface area contributed by atoms with Crippen LogP contribution in [0.1, 0.15) is 0 Å². The minimum Gasteiger partial charge on any atom is -0.744 e. The van der Waals surface area contributed by atoms with Crippen molar-refractivity contribution in [2.75, 3.05) is 0 Å². The summed E-state index contributed by atoms with van der Waals surface area (Å²) in [5.41, 5.74) is 0. The summed E-state index contributed by atoms with van der Waals surface area (Å²) >= 11 is 0.983. The summed E-state index contributed by atoms with van der Waals surface area (Å²) in [5.74, 6) is -0.173. The van der Waals surface area contributed by atoms with Crippen LogP contribution in [-0.2, 0) is 28.9 Å². The van der Waals surface area contributed by atoms with Crippen molar-refractivity contribution in [3.63, 3.8) is 0 Å². The van der Waals surface area contributed by atoms with E-state index in [1.807, 2.05) is 0 Å². The van der Waals surface area contributed by atoms with E-state index in [1.165, 1.54) is 18.2 Å². The molecule has 16 heteroatoms. The molecule has 0 amide bonds. The molecular weight excluding hydrogens is 517 g/mol. The van der Waals surface area contributed by atoms with Gasteiger partial charge in [-0.1, -0.05) is 18.2 Å². The molecule has 0 aliphatic heterocycles. The van der Waals surface area contributed by atoms with Gasteiger partial charge in [-0.2, -0.15) is 8.67 Å². The van der Waals surface area contributed by atoms with E-state index >= 15 is 0 Å². The minimum absolute atomic E-state index is 0. The summed E-state index contributed by atoms with van der Waals surface area (Å²) in [4.78, 5) is -0.0917. The van der Waals surface area contributed by atoms with Gasteiger partial charge < -0.3 is 20.2 Å². The summed E-state index contributed by atoms with van der Waals surface area (Å²) < 4.78 is 44.2. The third kappa shape index (κ3) is 5.90. The van der Waals surface area contributed by atoms with Crippen molar-refractivity contribution >= 4 is 66.5 Å². The summed E-state index contributed by atoms with van der Waals surface area (Å²) in [6.07, 6.45) is 0. The topological polar surface area (TPSA) is 160 Å². The smallest absolute Gasteiger partial charge is 0.744 e. The fourth-order valence-electron chi connectivity index (χ4n) is 3.33. The molecule has 4 rings (SSSR count). The summed E-state index contributed by atoms with van der Waals surface area (Å²) in [7, 11) is -4.90. The maximum Gasteiger partial charge on any atom is 1.00 e. The molecule has 0 bridgehead atoms. The molecule has 32 heavy (non-hydrogen) atoms. The number of aromatic hydroxyl groups is 1. The average molecular weight is 524 g/mol. The second-order valence-electron chi connectivity index (χ2n) is 5.73. The first kappa shape index (κ1) is 31.1. The van der Waals surface area contributed by atoms with Crippen LogP contribution >= 0.6 is 24.1 Å². The van der Waals surface area contributed by atoms with Gasteiger partial charge in [0.15, 0.2) is 0 Å². The number of rotatable bonds is 7. The van der Waals surface area contributed by atoms with Crippen molar-refractivity contribution < 1.29 is 136 Å².